The average Bonchev–Trinajstić information content (AvgIpc) is 2.64. The van der Waals surface area contributed by atoms with Crippen LogP contribution in [0.1, 0.15) is 66.2 Å². The van der Waals surface area contributed by atoms with E-state index in [-0.39, 0.29) is 5.54 Å². The maximum atomic E-state index is 2.47. The molecule has 0 radical (unpaired) electrons. The quantitative estimate of drug-likeness (QED) is 0.311. The minimum absolute atomic E-state index is 0.160. The van der Waals surface area contributed by atoms with E-state index in [1.165, 1.54) is 49.9 Å². The molecular formula is C24H36N+. The molecule has 2 rings (SSSR count). The molecule has 0 fully saturated rings. The summed E-state index contributed by atoms with van der Waals surface area (Å²) in [5, 5.41) is 0. The first-order valence-corrected chi connectivity index (χ1v) is 10.1. The topological polar surface area (TPSA) is 0 Å². The van der Waals surface area contributed by atoms with Crippen LogP contribution in [0.5, 0.6) is 0 Å². The number of benzene rings is 2. The Kier molecular flexibility index (Phi) is 7.25. The van der Waals surface area contributed by atoms with Crippen LogP contribution in [-0.2, 0) is 0 Å². The lowest BCUT2D eigenvalue weighted by molar-refractivity contribution is 0.176. The third-order valence-corrected chi connectivity index (χ3v) is 5.67. The lowest BCUT2D eigenvalue weighted by Crippen LogP contribution is -2.60. The second-order valence-electron chi connectivity index (χ2n) is 7.83. The van der Waals surface area contributed by atoms with Crippen LogP contribution in [0.15, 0.2) is 60.7 Å². The molecule has 1 heteroatoms. The van der Waals surface area contributed by atoms with Gasteiger partial charge in [-0.1, -0.05) is 69.5 Å². The van der Waals surface area contributed by atoms with Crippen molar-refractivity contribution in [3.63, 3.8) is 0 Å². The van der Waals surface area contributed by atoms with Crippen LogP contribution < -0.4 is 4.48 Å². The number of unbranched alkanes of at least 4 members (excludes halogenated alkanes) is 3. The number of rotatable bonds is 10. The largest absolute Gasteiger partial charge is 0.254 e. The van der Waals surface area contributed by atoms with Crippen LogP contribution in [0.2, 0.25) is 0 Å². The second-order valence-corrected chi connectivity index (χ2v) is 7.83. The molecule has 1 nitrogen and oxygen atoms in total. The fraction of sp³-hybridized carbons (Fsp3) is 0.500. The van der Waals surface area contributed by atoms with E-state index in [0.717, 1.165) is 11.0 Å². The van der Waals surface area contributed by atoms with Crippen LogP contribution in [0, 0.1) is 0 Å². The van der Waals surface area contributed by atoms with Crippen molar-refractivity contribution in [1.82, 2.24) is 4.48 Å². The first-order valence-electron chi connectivity index (χ1n) is 10.1. The van der Waals surface area contributed by atoms with Gasteiger partial charge in [-0.2, -0.15) is 0 Å². The molecule has 0 aliphatic heterocycles. The van der Waals surface area contributed by atoms with Gasteiger partial charge in [0.2, 0.25) is 0 Å². The molecular weight excluding hydrogens is 302 g/mol. The second kappa shape index (κ2) is 9.20. The summed E-state index contributed by atoms with van der Waals surface area (Å²) in [5.74, 6) is 0. The maximum absolute atomic E-state index is 2.47. The number of hydrogen-bond acceptors (Lipinski definition) is 0. The molecule has 0 aliphatic carbocycles. The summed E-state index contributed by atoms with van der Waals surface area (Å²) in [4.78, 5) is 0. The number of quaternary nitrogens is 1. The van der Waals surface area contributed by atoms with Crippen LogP contribution in [-0.4, -0.2) is 12.1 Å². The molecule has 0 aliphatic rings. The third-order valence-electron chi connectivity index (χ3n) is 5.67. The van der Waals surface area contributed by atoms with Crippen LogP contribution in [0.25, 0.3) is 0 Å². The average molecular weight is 339 g/mol. The third kappa shape index (κ3) is 4.33. The molecule has 0 heterocycles. The zero-order chi connectivity index (χ0) is 18.2. The van der Waals surface area contributed by atoms with E-state index in [4.69, 9.17) is 0 Å². The fourth-order valence-electron chi connectivity index (χ4n) is 4.17. The van der Waals surface area contributed by atoms with Crippen molar-refractivity contribution >= 4 is 11.4 Å². The normalized spacial score (nSPS) is 12.3. The highest BCUT2D eigenvalue weighted by Crippen LogP contribution is 2.45. The number of para-hydroxylation sites is 2. The number of hydrogen-bond donors (Lipinski definition) is 0. The monoisotopic (exact) mass is 338 g/mol. The standard InChI is InChI=1S/C24H36N/c1-5-7-15-20-24(3,4)25(21-8-6-2,22-16-11-9-12-17-22)23-18-13-10-14-19-23/h9-14,16-19H,5-8,15,20-21H2,1-4H3/q+1. The summed E-state index contributed by atoms with van der Waals surface area (Å²) in [7, 11) is 0. The zero-order valence-corrected chi connectivity index (χ0v) is 16.7. The van der Waals surface area contributed by atoms with Gasteiger partial charge in [-0.15, -0.1) is 0 Å². The van der Waals surface area contributed by atoms with E-state index < -0.39 is 0 Å². The molecule has 0 saturated carbocycles. The highest BCUT2D eigenvalue weighted by Gasteiger charge is 2.46. The Bertz CT molecular complexity index is 561. The maximum Gasteiger partial charge on any atom is 0.138 e. The van der Waals surface area contributed by atoms with E-state index in [0.29, 0.717) is 0 Å². The summed E-state index contributed by atoms with van der Waals surface area (Å²) in [5.41, 5.74) is 3.00. The first kappa shape index (κ1) is 19.7. The zero-order valence-electron chi connectivity index (χ0n) is 16.7. The Morgan fingerprint density at radius 3 is 1.60 bits per heavy atom. The van der Waals surface area contributed by atoms with Gasteiger partial charge in [-0.05, 0) is 51.0 Å². The molecule has 0 unspecified atom stereocenters. The van der Waals surface area contributed by atoms with Gasteiger partial charge in [0, 0.05) is 6.42 Å². The molecule has 0 atom stereocenters. The molecule has 0 amide bonds. The molecule has 0 saturated heterocycles. The van der Waals surface area contributed by atoms with Gasteiger partial charge in [-0.3, -0.25) is 4.48 Å². The summed E-state index contributed by atoms with van der Waals surface area (Å²) in [6, 6.07) is 22.3. The molecule has 0 bridgehead atoms. The van der Waals surface area contributed by atoms with Gasteiger partial charge in [0.1, 0.15) is 16.9 Å². The Morgan fingerprint density at radius 2 is 1.16 bits per heavy atom. The smallest absolute Gasteiger partial charge is 0.138 e. The van der Waals surface area contributed by atoms with E-state index >= 15 is 0 Å². The highest BCUT2D eigenvalue weighted by atomic mass is 15.4. The molecule has 0 aromatic heterocycles. The Morgan fingerprint density at radius 1 is 0.680 bits per heavy atom. The molecule has 2 aromatic rings. The van der Waals surface area contributed by atoms with Crippen molar-refractivity contribution in [2.24, 2.45) is 0 Å². The summed E-state index contributed by atoms with van der Waals surface area (Å²) < 4.78 is 0.951. The summed E-state index contributed by atoms with van der Waals surface area (Å²) in [6.45, 7) is 10.7. The molecule has 25 heavy (non-hydrogen) atoms. The molecule has 136 valence electrons. The minimum atomic E-state index is 0.160. The Labute approximate surface area is 155 Å². The first-order chi connectivity index (χ1) is 12.1. The number of nitrogens with zero attached hydrogens (tertiary/aromatic N) is 1. The Balaban J connectivity index is 2.58. The van der Waals surface area contributed by atoms with Crippen molar-refractivity contribution in [1.29, 1.82) is 0 Å². The van der Waals surface area contributed by atoms with E-state index in [1.54, 1.807) is 0 Å². The van der Waals surface area contributed by atoms with Crippen LogP contribution >= 0.6 is 0 Å². The van der Waals surface area contributed by atoms with Crippen molar-refractivity contribution in [2.75, 3.05) is 6.54 Å². The van der Waals surface area contributed by atoms with Gasteiger partial charge >= 0.3 is 0 Å². The summed E-state index contributed by atoms with van der Waals surface area (Å²) >= 11 is 0. The van der Waals surface area contributed by atoms with E-state index in [2.05, 4.69) is 88.4 Å². The lowest BCUT2D eigenvalue weighted by atomic mass is 9.88. The van der Waals surface area contributed by atoms with Crippen molar-refractivity contribution in [3.8, 4) is 0 Å². The predicted octanol–water partition coefficient (Wildman–Crippen LogP) is 7.48. The highest BCUT2D eigenvalue weighted by molar-refractivity contribution is 5.60. The molecule has 2 aromatic carbocycles. The minimum Gasteiger partial charge on any atom is -0.254 e. The van der Waals surface area contributed by atoms with Gasteiger partial charge in [0.15, 0.2) is 0 Å². The van der Waals surface area contributed by atoms with Crippen LogP contribution in [0.4, 0.5) is 11.4 Å². The van der Waals surface area contributed by atoms with Crippen LogP contribution in [0.3, 0.4) is 0 Å². The van der Waals surface area contributed by atoms with Gasteiger partial charge in [0.05, 0.1) is 6.54 Å². The predicted molar refractivity (Wildman–Crippen MR) is 112 cm³/mol. The van der Waals surface area contributed by atoms with Gasteiger partial charge < -0.3 is 0 Å². The van der Waals surface area contributed by atoms with Gasteiger partial charge in [0.25, 0.3) is 0 Å². The fourth-order valence-corrected chi connectivity index (χ4v) is 4.17. The molecule has 0 N–H and O–H groups in total. The SMILES string of the molecule is CCCCCC(C)(C)[N+](CCCC)(c1ccccc1)c1ccccc1. The van der Waals surface area contributed by atoms with E-state index in [1.807, 2.05) is 0 Å². The Hall–Kier alpha value is -1.60. The lowest BCUT2D eigenvalue weighted by Gasteiger charge is -2.50. The van der Waals surface area contributed by atoms with Gasteiger partial charge in [-0.25, -0.2) is 0 Å². The summed E-state index contributed by atoms with van der Waals surface area (Å²) in [6.07, 6.45) is 7.61. The molecule has 0 spiro atoms. The van der Waals surface area contributed by atoms with E-state index in [9.17, 15) is 0 Å². The van der Waals surface area contributed by atoms with Crippen molar-refractivity contribution in [2.45, 2.75) is 71.8 Å². The van der Waals surface area contributed by atoms with Crippen molar-refractivity contribution in [3.05, 3.63) is 60.7 Å². The van der Waals surface area contributed by atoms with Crippen molar-refractivity contribution < 1.29 is 0 Å².